The first kappa shape index (κ1) is 34.3. The number of aldehydes is 1. The number of aromatic nitrogens is 2. The van der Waals surface area contributed by atoms with Gasteiger partial charge in [-0.25, -0.2) is 19.7 Å². The normalized spacial score (nSPS) is 23.3. The predicted molar refractivity (Wildman–Crippen MR) is 180 cm³/mol. The largest absolute Gasteiger partial charge is 0.857 e. The van der Waals surface area contributed by atoms with Gasteiger partial charge in [-0.15, -0.1) is 0 Å². The van der Waals surface area contributed by atoms with Crippen molar-refractivity contribution in [1.82, 2.24) is 9.55 Å². The molecular formula is C35H39N7O9. The van der Waals surface area contributed by atoms with Gasteiger partial charge < -0.3 is 34.3 Å². The van der Waals surface area contributed by atoms with Crippen LogP contribution in [0.5, 0.6) is 17.2 Å². The van der Waals surface area contributed by atoms with Gasteiger partial charge in [0.05, 0.1) is 43.2 Å². The zero-order chi connectivity index (χ0) is 36.0. The highest BCUT2D eigenvalue weighted by Gasteiger charge is 2.48. The number of quaternary nitrogens is 1. The molecule has 0 amide bonds. The van der Waals surface area contributed by atoms with Crippen molar-refractivity contribution in [2.45, 2.75) is 77.2 Å². The standard InChI is InChI=1S/C35H39N7O9/c1-4-49-32(46)29-21(15-43)19(10-12-41-13-11-37-34(41)42-17-38-25-30(42)39-33(36)40-31(25)45)24-27(48-3)20-14-23(35(2,47)18-8-6-5-7-9-18)50-26(20)22(16-44)28(24)51-29/h10-11,13,15,18,23,44,47H,4-9,12,14,16-17H2,1-3H3,(H2,36,40,45). The number of benzene rings is 1. The molecule has 16 heteroatoms. The Kier molecular flexibility index (Phi) is 9.07. The molecule has 3 atom stereocenters. The molecule has 5 aliphatic rings. The minimum absolute atomic E-state index is 0.0172. The van der Waals surface area contributed by atoms with Crippen molar-refractivity contribution >= 4 is 47.2 Å². The Bertz CT molecular complexity index is 1970. The molecule has 3 unspecified atom stereocenters. The minimum atomic E-state index is -1.18. The van der Waals surface area contributed by atoms with E-state index in [1.54, 1.807) is 36.9 Å². The summed E-state index contributed by atoms with van der Waals surface area (Å²) in [5, 5.41) is 42.9. The Morgan fingerprint density at radius 1 is 1.25 bits per heavy atom. The molecule has 0 bridgehead atoms. The summed E-state index contributed by atoms with van der Waals surface area (Å²) in [7, 11) is 1.47. The van der Waals surface area contributed by atoms with E-state index in [4.69, 9.17) is 24.4 Å². The third kappa shape index (κ3) is 5.72. The number of hydrogen-bond acceptors (Lipinski definition) is 12. The zero-order valence-electron chi connectivity index (χ0n) is 28.5. The van der Waals surface area contributed by atoms with Crippen molar-refractivity contribution in [2.24, 2.45) is 20.9 Å². The van der Waals surface area contributed by atoms with E-state index in [9.17, 15) is 24.9 Å². The molecule has 2 aromatic rings. The molecule has 5 heterocycles. The second kappa shape index (κ2) is 13.5. The molecule has 268 valence electrons. The number of fused-ring (bicyclic) bond motifs is 3. The maximum Gasteiger partial charge on any atom is 0.375 e. The highest BCUT2D eigenvalue weighted by molar-refractivity contribution is 6.66. The number of rotatable bonds is 10. The van der Waals surface area contributed by atoms with Gasteiger partial charge in [0.15, 0.2) is 18.7 Å². The lowest BCUT2D eigenvalue weighted by molar-refractivity contribution is -0.730. The van der Waals surface area contributed by atoms with Crippen LogP contribution in [0, 0.1) is 11.3 Å². The number of esters is 1. The molecular weight excluding hydrogens is 662 g/mol. The van der Waals surface area contributed by atoms with Crippen LogP contribution in [-0.4, -0.2) is 87.5 Å². The molecule has 1 saturated carbocycles. The van der Waals surface area contributed by atoms with Crippen LogP contribution < -0.4 is 24.2 Å². The number of nitrogens with one attached hydrogen (secondary N) is 2. The Morgan fingerprint density at radius 2 is 2.04 bits per heavy atom. The molecule has 4 aliphatic heterocycles. The van der Waals surface area contributed by atoms with Crippen molar-refractivity contribution in [3.63, 3.8) is 0 Å². The number of amidine groups is 1. The second-order valence-corrected chi connectivity index (χ2v) is 13.1. The summed E-state index contributed by atoms with van der Waals surface area (Å²) in [5.41, 5.74) is 0.242. The highest BCUT2D eigenvalue weighted by atomic mass is 16.6. The van der Waals surface area contributed by atoms with Gasteiger partial charge in [0.25, 0.3) is 5.84 Å². The number of hydrogen-bond donors (Lipinski definition) is 4. The first-order chi connectivity index (χ1) is 24.6. The van der Waals surface area contributed by atoms with Crippen molar-refractivity contribution in [3.05, 3.63) is 46.5 Å². The summed E-state index contributed by atoms with van der Waals surface area (Å²) in [6.45, 7) is 3.10. The van der Waals surface area contributed by atoms with Gasteiger partial charge in [-0.1, -0.05) is 25.3 Å². The summed E-state index contributed by atoms with van der Waals surface area (Å²) < 4.78 is 25.7. The topological polar surface area (TPSA) is 218 Å². The highest BCUT2D eigenvalue weighted by Crippen LogP contribution is 2.55. The van der Waals surface area contributed by atoms with Crippen LogP contribution in [0.2, 0.25) is 0 Å². The van der Waals surface area contributed by atoms with Crippen LogP contribution in [0.25, 0.3) is 5.57 Å². The first-order valence-corrected chi connectivity index (χ1v) is 17.0. The summed E-state index contributed by atoms with van der Waals surface area (Å²) in [4.78, 5) is 43.1. The predicted octanol–water partition coefficient (Wildman–Crippen LogP) is 0.545. The first-order valence-electron chi connectivity index (χ1n) is 17.0. The Morgan fingerprint density at radius 3 is 2.75 bits per heavy atom. The molecule has 1 aliphatic carbocycles. The molecule has 4 N–H and O–H groups in total. The quantitative estimate of drug-likeness (QED) is 0.199. The Labute approximate surface area is 292 Å². The van der Waals surface area contributed by atoms with E-state index in [0.717, 1.165) is 32.1 Å². The number of aliphatic hydroxyl groups excluding tert-OH is 1. The van der Waals surface area contributed by atoms with E-state index in [2.05, 4.69) is 20.0 Å². The Balaban J connectivity index is 1.33. The van der Waals surface area contributed by atoms with E-state index in [0.29, 0.717) is 39.8 Å². The molecule has 7 rings (SSSR count). The van der Waals surface area contributed by atoms with Gasteiger partial charge in [0.1, 0.15) is 29.0 Å². The smallest absolute Gasteiger partial charge is 0.375 e. The van der Waals surface area contributed by atoms with Crippen LogP contribution in [0.3, 0.4) is 0 Å². The molecule has 16 nitrogen and oxygen atoms in total. The van der Waals surface area contributed by atoms with Gasteiger partial charge >= 0.3 is 11.9 Å². The third-order valence-electron chi connectivity index (χ3n) is 10.2. The Hall–Kier alpha value is -5.19. The molecule has 1 aromatic heterocycles. The van der Waals surface area contributed by atoms with E-state index in [1.165, 1.54) is 7.11 Å². The van der Waals surface area contributed by atoms with Crippen LogP contribution in [0.1, 0.15) is 62.6 Å². The maximum absolute atomic E-state index is 13.3. The monoisotopic (exact) mass is 701 g/mol. The summed E-state index contributed by atoms with van der Waals surface area (Å²) in [6.07, 6.45) is 10.0. The lowest BCUT2D eigenvalue weighted by Crippen LogP contribution is -3.10. The molecule has 51 heavy (non-hydrogen) atoms. The second-order valence-electron chi connectivity index (χ2n) is 13.1. The fourth-order valence-corrected chi connectivity index (χ4v) is 7.70. The molecule has 0 spiro atoms. The van der Waals surface area contributed by atoms with Crippen molar-refractivity contribution < 1.29 is 48.8 Å². The average molecular weight is 702 g/mol. The molecule has 0 saturated heterocycles. The number of carbonyl (C=O) groups is 2. The fourth-order valence-electron chi connectivity index (χ4n) is 7.70. The van der Waals surface area contributed by atoms with E-state index < -0.39 is 36.1 Å². The number of aliphatic imine (C=N–C) groups is 3. The van der Waals surface area contributed by atoms with Crippen LogP contribution in [-0.2, 0) is 33.9 Å². The van der Waals surface area contributed by atoms with Crippen LogP contribution in [0.15, 0.2) is 44.8 Å². The third-order valence-corrected chi connectivity index (χ3v) is 10.2. The van der Waals surface area contributed by atoms with Crippen molar-refractivity contribution in [2.75, 3.05) is 20.4 Å². The molecule has 1 fully saturated rings. The van der Waals surface area contributed by atoms with Gasteiger partial charge in [-0.3, -0.25) is 14.8 Å². The van der Waals surface area contributed by atoms with Crippen LogP contribution in [0.4, 0.5) is 5.95 Å². The number of imidazole rings is 1. The minimum Gasteiger partial charge on any atom is -0.857 e. The number of ether oxygens (including phenoxy) is 4. The van der Waals surface area contributed by atoms with E-state index in [-0.39, 0.29) is 71.9 Å². The van der Waals surface area contributed by atoms with Gasteiger partial charge in [-0.05, 0) is 32.6 Å². The number of allylic oxidation sites excluding steroid dienone is 3. The summed E-state index contributed by atoms with van der Waals surface area (Å²) >= 11 is 0. The summed E-state index contributed by atoms with van der Waals surface area (Å²) in [5.74, 6) is -0.929. The number of nitrogens with zero attached hydrogens (tertiary/aromatic N) is 5. The number of carbonyl (C=O) groups excluding carboxylic acids is 2. The number of guanidine groups is 1. The van der Waals surface area contributed by atoms with Gasteiger partial charge in [0.2, 0.25) is 11.7 Å². The lowest BCUT2D eigenvalue weighted by Gasteiger charge is -2.39. The number of aliphatic hydroxyl groups is 2. The number of methoxy groups -OCH3 is 1. The van der Waals surface area contributed by atoms with Gasteiger partial charge in [-0.2, -0.15) is 9.98 Å². The van der Waals surface area contributed by atoms with Crippen molar-refractivity contribution in [1.29, 1.82) is 5.41 Å². The molecule has 0 radical (unpaired) electrons. The molecule has 1 aromatic carbocycles. The fraction of sp³-hybridized carbons (Fsp3) is 0.457. The lowest BCUT2D eigenvalue weighted by atomic mass is 9.74. The van der Waals surface area contributed by atoms with Crippen LogP contribution >= 0.6 is 0 Å². The average Bonchev–Trinajstić information content (AvgIpc) is 3.88. The SMILES string of the molecule is CCOC(=O)C1=C(C=O)C(=CCn2ccnc2[NH+]2CN=C3C([O-])=NC(=N)N=C32)c2c(OC)c3c(c(CO)c2O1)OC(C(C)(O)C1CCCCC1)C3. The zero-order valence-corrected chi connectivity index (χ0v) is 28.5. The van der Waals surface area contributed by atoms with E-state index in [1.807, 2.05) is 0 Å². The van der Waals surface area contributed by atoms with Crippen molar-refractivity contribution in [3.8, 4) is 17.2 Å². The summed E-state index contributed by atoms with van der Waals surface area (Å²) in [6, 6.07) is 0. The van der Waals surface area contributed by atoms with Gasteiger partial charge in [0, 0.05) is 36.2 Å². The van der Waals surface area contributed by atoms with E-state index >= 15 is 0 Å². The maximum atomic E-state index is 13.3.